The molecule has 56 heavy (non-hydrogen) atoms. The van der Waals surface area contributed by atoms with E-state index in [0.29, 0.717) is 12.8 Å². The lowest BCUT2D eigenvalue weighted by atomic mass is 10.0. The third-order valence-corrected chi connectivity index (χ3v) is 9.65. The number of allylic oxidation sites excluding steroid dienone is 10. The lowest BCUT2D eigenvalue weighted by Crippen LogP contribution is -2.55. The van der Waals surface area contributed by atoms with Gasteiger partial charge >= 0.3 is 11.9 Å². The molecule has 0 aromatic carbocycles. The second-order valence-corrected chi connectivity index (χ2v) is 15.9. The molecule has 0 aromatic rings. The fraction of sp³-hybridized carbons (Fsp3) is 0.729. The van der Waals surface area contributed by atoms with Gasteiger partial charge in [0.2, 0.25) is 0 Å². The molecule has 8 heteroatoms. The number of carboxylic acid groups (broad SMARTS) is 1. The average molecular weight is 786 g/mol. The van der Waals surface area contributed by atoms with Crippen LogP contribution < -0.4 is 5.11 Å². The monoisotopic (exact) mass is 786 g/mol. The molecule has 322 valence electrons. The number of hydrogen-bond donors (Lipinski definition) is 0. The van der Waals surface area contributed by atoms with Crippen LogP contribution in [0.4, 0.5) is 0 Å². The third kappa shape index (κ3) is 36.7. The van der Waals surface area contributed by atoms with E-state index in [-0.39, 0.29) is 49.1 Å². The molecule has 0 fully saturated rings. The van der Waals surface area contributed by atoms with E-state index in [2.05, 4.69) is 74.6 Å². The molecule has 0 saturated heterocycles. The van der Waals surface area contributed by atoms with Gasteiger partial charge in [-0.2, -0.15) is 0 Å². The van der Waals surface area contributed by atoms with Gasteiger partial charge in [0.25, 0.3) is 0 Å². The molecule has 0 aliphatic heterocycles. The van der Waals surface area contributed by atoms with E-state index in [1.54, 1.807) is 21.1 Å². The van der Waals surface area contributed by atoms with Crippen LogP contribution in [0.25, 0.3) is 0 Å². The Labute approximate surface area is 343 Å². The van der Waals surface area contributed by atoms with Gasteiger partial charge in [0.05, 0.1) is 40.3 Å². The molecule has 0 heterocycles. The summed E-state index contributed by atoms with van der Waals surface area (Å²) in [6, 6.07) is -0.731. The topological polar surface area (TPSA) is 102 Å². The van der Waals surface area contributed by atoms with Crippen molar-refractivity contribution in [3.8, 4) is 0 Å². The average Bonchev–Trinajstić information content (AvgIpc) is 3.15. The molecule has 0 N–H and O–H groups in total. The maximum atomic E-state index is 12.6. The number of quaternary nitrogens is 1. The zero-order valence-corrected chi connectivity index (χ0v) is 36.5. The van der Waals surface area contributed by atoms with Crippen molar-refractivity contribution >= 4 is 17.9 Å². The number of esters is 2. The standard InChI is InChI=1S/C48H83NO7/c1-6-8-10-12-14-16-17-18-19-20-21-22-23-24-25-26-27-28-29-31-32-34-36-38-46(50)55-43-44(42-54-41-40-45(48(52)53)49(3,4)5)56-47(51)39-37-35-33-30-15-13-11-9-7-2/h8-11,14-16,18-19,30,44-45H,6-7,12-13,17,20-29,31-43H2,1-5H3/b10-8+,11-9+,16-14+,19-18+,30-15+. The maximum absolute atomic E-state index is 12.6. The minimum absolute atomic E-state index is 0.0260. The molecule has 0 rings (SSSR count). The fourth-order valence-corrected chi connectivity index (χ4v) is 6.24. The van der Waals surface area contributed by atoms with Crippen LogP contribution in [0, 0.1) is 0 Å². The lowest BCUT2D eigenvalue weighted by Gasteiger charge is -2.34. The molecule has 2 atom stereocenters. The maximum Gasteiger partial charge on any atom is 0.306 e. The van der Waals surface area contributed by atoms with Crippen molar-refractivity contribution in [2.45, 2.75) is 187 Å². The third-order valence-electron chi connectivity index (χ3n) is 9.65. The Morgan fingerprint density at radius 2 is 0.946 bits per heavy atom. The summed E-state index contributed by atoms with van der Waals surface area (Å²) in [6.45, 7) is 4.38. The van der Waals surface area contributed by atoms with Crippen LogP contribution in [-0.2, 0) is 28.6 Å². The second-order valence-electron chi connectivity index (χ2n) is 15.9. The molecule has 0 amide bonds. The van der Waals surface area contributed by atoms with Crippen molar-refractivity contribution in [3.05, 3.63) is 60.8 Å². The summed E-state index contributed by atoms with van der Waals surface area (Å²) in [5.41, 5.74) is 0. The van der Waals surface area contributed by atoms with Crippen LogP contribution in [0.3, 0.4) is 0 Å². The number of carboxylic acids is 1. The Morgan fingerprint density at radius 1 is 0.536 bits per heavy atom. The number of rotatable bonds is 39. The number of unbranched alkanes of at least 4 members (excludes halogenated alkanes) is 15. The number of likely N-dealkylation sites (N-methyl/N-ethyl adjacent to an activating group) is 1. The number of carbonyl (C=O) groups is 3. The molecule has 0 aromatic heterocycles. The van der Waals surface area contributed by atoms with Crippen molar-refractivity contribution in [1.29, 1.82) is 0 Å². The van der Waals surface area contributed by atoms with E-state index in [1.807, 2.05) is 0 Å². The predicted octanol–water partition coefficient (Wildman–Crippen LogP) is 10.9. The number of carbonyl (C=O) groups excluding carboxylic acids is 3. The molecular formula is C48H83NO7. The molecule has 2 unspecified atom stereocenters. The van der Waals surface area contributed by atoms with Crippen LogP contribution in [0.15, 0.2) is 60.8 Å². The summed E-state index contributed by atoms with van der Waals surface area (Å²) in [5.74, 6) is -1.79. The smallest absolute Gasteiger partial charge is 0.306 e. The van der Waals surface area contributed by atoms with Gasteiger partial charge in [0, 0.05) is 19.3 Å². The first-order valence-electron chi connectivity index (χ1n) is 22.3. The summed E-state index contributed by atoms with van der Waals surface area (Å²) in [5, 5.41) is 11.6. The molecule has 0 saturated carbocycles. The highest BCUT2D eigenvalue weighted by atomic mass is 16.6. The second kappa shape index (κ2) is 38.9. The van der Waals surface area contributed by atoms with E-state index in [4.69, 9.17) is 14.2 Å². The molecule has 0 bridgehead atoms. The fourth-order valence-electron chi connectivity index (χ4n) is 6.24. The Balaban J connectivity index is 4.17. The van der Waals surface area contributed by atoms with Crippen molar-refractivity contribution in [3.63, 3.8) is 0 Å². The molecule has 0 spiro atoms. The van der Waals surface area contributed by atoms with Gasteiger partial charge < -0.3 is 28.6 Å². The van der Waals surface area contributed by atoms with Gasteiger partial charge in [-0.1, -0.05) is 145 Å². The summed E-state index contributed by atoms with van der Waals surface area (Å²) in [4.78, 5) is 36.7. The number of ether oxygens (including phenoxy) is 3. The van der Waals surface area contributed by atoms with Crippen molar-refractivity contribution in [1.82, 2.24) is 0 Å². The van der Waals surface area contributed by atoms with Crippen LogP contribution in [0.1, 0.15) is 174 Å². The SMILES string of the molecule is CC/C=C/C/C=C/C/C=C/CCCCCCCCCCCCCCCC(=O)OCC(COCCC(C(=O)[O-])[N+](C)(C)C)OC(=O)CCCC/C=C/C/C=C/CC. The number of hydrogen-bond acceptors (Lipinski definition) is 7. The molecule has 8 nitrogen and oxygen atoms in total. The van der Waals surface area contributed by atoms with Crippen molar-refractivity contribution in [2.75, 3.05) is 41.0 Å². The zero-order chi connectivity index (χ0) is 41.4. The van der Waals surface area contributed by atoms with E-state index < -0.39 is 18.1 Å². The zero-order valence-electron chi connectivity index (χ0n) is 36.5. The van der Waals surface area contributed by atoms with Gasteiger partial charge in [-0.25, -0.2) is 0 Å². The lowest BCUT2D eigenvalue weighted by molar-refractivity contribution is -0.889. The molecular weight excluding hydrogens is 703 g/mol. The first-order valence-corrected chi connectivity index (χ1v) is 22.3. The largest absolute Gasteiger partial charge is 0.544 e. The van der Waals surface area contributed by atoms with Crippen molar-refractivity contribution in [2.24, 2.45) is 0 Å². The van der Waals surface area contributed by atoms with Crippen LogP contribution >= 0.6 is 0 Å². The van der Waals surface area contributed by atoms with E-state index in [0.717, 1.165) is 64.2 Å². The van der Waals surface area contributed by atoms with Gasteiger partial charge in [0.1, 0.15) is 12.6 Å². The minimum Gasteiger partial charge on any atom is -0.544 e. The summed E-state index contributed by atoms with van der Waals surface area (Å²) >= 11 is 0. The highest BCUT2D eigenvalue weighted by Crippen LogP contribution is 2.15. The van der Waals surface area contributed by atoms with Gasteiger partial charge in [-0.3, -0.25) is 9.59 Å². The summed E-state index contributed by atoms with van der Waals surface area (Å²) < 4.78 is 17.1. The van der Waals surface area contributed by atoms with Gasteiger partial charge in [0.15, 0.2) is 6.10 Å². The highest BCUT2D eigenvalue weighted by Gasteiger charge is 2.25. The minimum atomic E-state index is -1.13. The Bertz CT molecular complexity index is 1100. The Morgan fingerprint density at radius 3 is 1.43 bits per heavy atom. The molecule has 0 aliphatic rings. The highest BCUT2D eigenvalue weighted by molar-refractivity contribution is 5.70. The number of nitrogens with zero attached hydrogens (tertiary/aromatic N) is 1. The Hall–Kier alpha value is -2.97. The summed E-state index contributed by atoms with van der Waals surface area (Å²) in [7, 11) is 5.38. The normalized spacial score (nSPS) is 13.5. The van der Waals surface area contributed by atoms with Crippen molar-refractivity contribution < 1.29 is 38.2 Å². The van der Waals surface area contributed by atoms with Crippen LogP contribution in [0.2, 0.25) is 0 Å². The van der Waals surface area contributed by atoms with E-state index >= 15 is 0 Å². The quantitative estimate of drug-likeness (QED) is 0.0265. The Kier molecular flexibility index (Phi) is 36.8. The van der Waals surface area contributed by atoms with Crippen LogP contribution in [0.5, 0.6) is 0 Å². The molecule has 0 radical (unpaired) electrons. The van der Waals surface area contributed by atoms with Crippen LogP contribution in [-0.4, -0.2) is 75.5 Å². The first kappa shape index (κ1) is 53.0. The first-order chi connectivity index (χ1) is 27.1. The van der Waals surface area contributed by atoms with E-state index in [9.17, 15) is 19.5 Å². The molecule has 0 aliphatic carbocycles. The van der Waals surface area contributed by atoms with Gasteiger partial charge in [-0.15, -0.1) is 0 Å². The number of aliphatic carboxylic acids is 1. The van der Waals surface area contributed by atoms with E-state index in [1.165, 1.54) is 70.6 Å². The summed E-state index contributed by atoms with van der Waals surface area (Å²) in [6.07, 6.45) is 47.0. The predicted molar refractivity (Wildman–Crippen MR) is 231 cm³/mol. The van der Waals surface area contributed by atoms with Gasteiger partial charge in [-0.05, 0) is 70.6 Å².